The number of alkyl carbamates (subject to hydrolysis) is 3. The second-order valence-electron chi connectivity index (χ2n) is 39.8. The molecule has 0 aliphatic rings. The highest BCUT2D eigenvalue weighted by atomic mass is 31.2. The van der Waals surface area contributed by atoms with Crippen LogP contribution in [0.15, 0.2) is 38.0 Å². The molecule has 0 aromatic rings. The van der Waals surface area contributed by atoms with Gasteiger partial charge in [-0.05, 0) is 120 Å². The molecule has 0 aromatic carbocycles. The summed E-state index contributed by atoms with van der Waals surface area (Å²) in [4.78, 5) is 90.1. The van der Waals surface area contributed by atoms with Crippen LogP contribution < -0.4 is 32.3 Å². The monoisotopic (exact) mass is 2100 g/mol. The first-order valence-electron chi connectivity index (χ1n) is 54.9. The number of hydrogen-bond acceptors (Lipinski definition) is 29. The zero-order chi connectivity index (χ0) is 107. The van der Waals surface area contributed by atoms with Crippen LogP contribution in [-0.2, 0) is 111 Å². The largest absolute Gasteiger partial charge is 0.475 e. The Hall–Kier alpha value is -5.12. The second-order valence-corrected chi connectivity index (χ2v) is 44.8. The minimum absolute atomic E-state index is 0.0349. The lowest BCUT2D eigenvalue weighted by molar-refractivity contribution is -0.151. The normalized spacial score (nSPS) is 14.3. The van der Waals surface area contributed by atoms with Crippen molar-refractivity contribution < 1.29 is 131 Å². The van der Waals surface area contributed by atoms with Crippen molar-refractivity contribution in [1.29, 1.82) is 0 Å². The van der Waals surface area contributed by atoms with E-state index in [-0.39, 0.29) is 135 Å². The Balaban J connectivity index is 0. The lowest BCUT2D eigenvalue weighted by atomic mass is 10.1. The van der Waals surface area contributed by atoms with Gasteiger partial charge >= 0.3 is 65.7 Å². The molecule has 842 valence electrons. The van der Waals surface area contributed by atoms with E-state index in [0.717, 1.165) is 141 Å². The summed E-state index contributed by atoms with van der Waals surface area (Å²) in [5.74, 6) is -0.577. The number of unbranched alkanes of at least 4 members (excludes halogenated alkanes) is 36. The molecule has 0 radical (unpaired) electrons. The van der Waals surface area contributed by atoms with Crippen molar-refractivity contribution in [2.24, 2.45) is 5.73 Å². The smallest absolute Gasteiger partial charge is 0.462 e. The molecule has 0 spiro atoms. The van der Waals surface area contributed by atoms with Gasteiger partial charge in [-0.1, -0.05) is 291 Å². The fourth-order valence-electron chi connectivity index (χ4n) is 14.5. The first-order chi connectivity index (χ1) is 68.4. The Kier molecular flexibility index (Phi) is 91.0. The number of rotatable bonds is 98. The number of ether oxygens (including phenoxy) is 9. The molecule has 0 saturated heterocycles. The van der Waals surface area contributed by atoms with Crippen LogP contribution >= 0.6 is 23.5 Å². The van der Waals surface area contributed by atoms with Gasteiger partial charge in [0.25, 0.3) is 0 Å². The molecule has 0 heterocycles. The summed E-state index contributed by atoms with van der Waals surface area (Å²) in [5, 5.41) is 13.3. The van der Waals surface area contributed by atoms with E-state index in [0.29, 0.717) is 58.0 Å². The maximum absolute atomic E-state index is 13.9. The highest BCUT2D eigenvalue weighted by Crippen LogP contribution is 2.51. The number of esters is 3. The maximum atomic E-state index is 13.9. The number of nitrogens with two attached hydrogens (primary N) is 1. The number of carbonyl (C=O) groups is 7. The van der Waals surface area contributed by atoms with Crippen molar-refractivity contribution >= 4 is 65.7 Å². The molecule has 143 heavy (non-hydrogen) atoms. The fourth-order valence-corrected chi connectivity index (χ4v) is 18.1. The molecular weight excluding hydrogens is 1900 g/mol. The molecule has 0 fully saturated rings. The van der Waals surface area contributed by atoms with Crippen LogP contribution in [0.3, 0.4) is 0 Å². The van der Waals surface area contributed by atoms with Crippen molar-refractivity contribution in [2.75, 3.05) is 119 Å². The summed E-state index contributed by atoms with van der Waals surface area (Å²) in [7, 11) is -12.7. The Morgan fingerprint density at radius 3 is 0.734 bits per heavy atom. The van der Waals surface area contributed by atoms with Gasteiger partial charge in [0.1, 0.15) is 35.1 Å². The predicted octanol–water partition coefficient (Wildman–Crippen LogP) is 26.7. The molecule has 3 unspecified atom stereocenters. The van der Waals surface area contributed by atoms with Crippen LogP contribution in [0.4, 0.5) is 19.2 Å². The number of hydrogen-bond donors (Lipinski definition) is 6. The number of phosphoric ester groups is 3. The van der Waals surface area contributed by atoms with E-state index in [4.69, 9.17) is 89.1 Å². The topological polar surface area (TPSA) is 423 Å². The summed E-state index contributed by atoms with van der Waals surface area (Å²) < 4.78 is 143. The molecular formula is C106H205N6O28P3. The first-order valence-corrected chi connectivity index (χ1v) is 59.3. The van der Waals surface area contributed by atoms with Gasteiger partial charge in [-0.2, -0.15) is 0 Å². The average Bonchev–Trinajstić information content (AvgIpc) is 0.883. The van der Waals surface area contributed by atoms with Crippen LogP contribution in [0, 0.1) is 0 Å². The van der Waals surface area contributed by atoms with E-state index in [1.807, 2.05) is 0 Å². The van der Waals surface area contributed by atoms with E-state index in [1.165, 1.54) is 153 Å². The molecule has 5 amide bonds. The molecule has 0 bridgehead atoms. The van der Waals surface area contributed by atoms with Crippen LogP contribution in [0.2, 0.25) is 0 Å². The van der Waals surface area contributed by atoms with Gasteiger partial charge in [0.15, 0.2) is 0 Å². The Morgan fingerprint density at radius 1 is 0.287 bits per heavy atom. The third-order valence-electron chi connectivity index (χ3n) is 22.1. The van der Waals surface area contributed by atoms with Gasteiger partial charge in [0, 0.05) is 58.2 Å². The van der Waals surface area contributed by atoms with Gasteiger partial charge < -0.3 is 74.9 Å². The van der Waals surface area contributed by atoms with Gasteiger partial charge in [-0.3, -0.25) is 55.1 Å². The minimum atomic E-state index is -4.36. The SMILES string of the molecule is C=CCOP(=O)(OCCN)OC[C@@H](COCC[C@@H](CCCCCCC)OC(=O)CCCCCCCCCCC)NC(=O)OC(C)(C)C.C=CCOP(=O)(OCCNC(=O)NCCOP(=O)(OCC=C)OC[C@@H](COCC[C@@H](CCCCCCC)OC(=O)CCCCCCCCCCC)NC(=O)OC(C)(C)C)OC[C@@H](COCC[C@@H](CCCCCCC)OC(=O)CCCCCCCCCCC)NC(=O)OC(C)(C)C. The number of phosphoric acid groups is 3. The highest BCUT2D eigenvalue weighted by molar-refractivity contribution is 7.49. The summed E-state index contributed by atoms with van der Waals surface area (Å²) in [5.41, 5.74) is 3.11. The van der Waals surface area contributed by atoms with Crippen molar-refractivity contribution in [2.45, 2.75) is 485 Å². The Labute approximate surface area is 865 Å². The molecule has 37 heteroatoms. The fraction of sp³-hybridized carbons (Fsp3) is 0.877. The van der Waals surface area contributed by atoms with Crippen molar-refractivity contribution in [3.63, 3.8) is 0 Å². The van der Waals surface area contributed by atoms with E-state index in [9.17, 15) is 47.3 Å². The average molecular weight is 2100 g/mol. The van der Waals surface area contributed by atoms with E-state index in [1.54, 1.807) is 62.3 Å². The van der Waals surface area contributed by atoms with E-state index < -0.39 is 95.9 Å². The van der Waals surface area contributed by atoms with Gasteiger partial charge in [-0.15, -0.1) is 19.7 Å². The van der Waals surface area contributed by atoms with Crippen LogP contribution in [-0.4, -0.2) is 214 Å². The number of urea groups is 1. The van der Waals surface area contributed by atoms with Crippen molar-refractivity contribution in [1.82, 2.24) is 26.6 Å². The van der Waals surface area contributed by atoms with Crippen molar-refractivity contribution in [3.05, 3.63) is 38.0 Å². The Bertz CT molecular complexity index is 3160. The third-order valence-corrected chi connectivity index (χ3v) is 26.4. The van der Waals surface area contributed by atoms with E-state index >= 15 is 0 Å². The first kappa shape index (κ1) is 140. The molecule has 0 aliphatic carbocycles. The zero-order valence-corrected chi connectivity index (χ0v) is 94.6. The molecule has 7 N–H and O–H groups in total. The number of amides is 5. The van der Waals surface area contributed by atoms with Gasteiger partial charge in [0.2, 0.25) is 0 Å². The minimum Gasteiger partial charge on any atom is -0.462 e. The molecule has 9 atom stereocenters. The van der Waals surface area contributed by atoms with E-state index in [2.05, 4.69) is 87.9 Å². The zero-order valence-electron chi connectivity index (χ0n) is 92.0. The van der Waals surface area contributed by atoms with Gasteiger partial charge in [0.05, 0.1) is 117 Å². The second kappa shape index (κ2) is 93.0. The van der Waals surface area contributed by atoms with Crippen LogP contribution in [0.1, 0.15) is 431 Å². The molecule has 0 rings (SSSR count). The quantitative estimate of drug-likeness (QED) is 0.0108. The third kappa shape index (κ3) is 93.9. The van der Waals surface area contributed by atoms with Crippen LogP contribution in [0.5, 0.6) is 0 Å². The lowest BCUT2D eigenvalue weighted by Crippen LogP contribution is -2.44. The Morgan fingerprint density at radius 2 is 0.510 bits per heavy atom. The summed E-state index contributed by atoms with van der Waals surface area (Å²) in [6, 6.07) is -3.21. The summed E-state index contributed by atoms with van der Waals surface area (Å²) >= 11 is 0. The molecule has 34 nitrogen and oxygen atoms in total. The number of nitrogens with one attached hydrogen (secondary N) is 5. The lowest BCUT2D eigenvalue weighted by Gasteiger charge is -2.25. The standard InChI is InChI=1S/C71H136N4O19P2.C35H69N2O9P/c1-13-19-23-27-29-31-33-37-41-45-65(76)91-63(43-39-35-25-21-15-3)47-53-83-57-61(74-68(79)93-70(7,8)9)59-89-95(81,85-51-17-5)87-55-49-72-67(78)73-50-56-88-96(82,86-52-18-6)90-60-62(75-69(80)94-71(10,11)12)58-84-54-48-64(44-40-36-26-22-16-4)92-66(77)46-42-38-34-32-30-28-24-20-14-2;1-7-10-12-14-15-16-17-19-21-23-33(38)45-32(22-20-18-13-11-8-2)24-27-41-29-31(37-34(39)46-35(4,5)6)30-44-47(40,42-26-9-3)43-28-25-36/h17-18,61-64H,5-6,13-16,19-60H2,1-4,7-12H3,(H,74,79)(H,75,80)(H2,72,73,78);9,31-32H,3,7-8,10-30,36H2,1-2,4-6H3,(H,37,39)/t61-,62-,63-,64-,95?,96?;31-,32-,47?/m11/s1. The number of carbonyl (C=O) groups excluding carboxylic acids is 7. The molecule has 0 aromatic heterocycles. The van der Waals surface area contributed by atoms with Crippen LogP contribution in [0.25, 0.3) is 0 Å². The van der Waals surface area contributed by atoms with Crippen molar-refractivity contribution in [3.8, 4) is 0 Å². The van der Waals surface area contributed by atoms with Gasteiger partial charge in [-0.25, -0.2) is 32.9 Å². The highest BCUT2D eigenvalue weighted by Gasteiger charge is 2.34. The molecule has 0 saturated carbocycles. The maximum Gasteiger partial charge on any atom is 0.475 e. The molecule has 0 aliphatic heterocycles. The summed E-state index contributed by atoms with van der Waals surface area (Å²) in [6.07, 6.45) is 53.5. The summed E-state index contributed by atoms with van der Waals surface area (Å²) in [6.45, 7) is 37.6. The predicted molar refractivity (Wildman–Crippen MR) is 569 cm³/mol.